The van der Waals surface area contributed by atoms with Crippen LogP contribution in [-0.2, 0) is 0 Å². The summed E-state index contributed by atoms with van der Waals surface area (Å²) in [7, 11) is 0. The molecular weight excluding hydrogens is 311 g/mol. The maximum Gasteiger partial charge on any atom is 0.325 e. The first kappa shape index (κ1) is 16.4. The quantitative estimate of drug-likeness (QED) is 0.921. The molecule has 7 heteroatoms. The van der Waals surface area contributed by atoms with Crippen molar-refractivity contribution >= 4 is 12.0 Å². The van der Waals surface area contributed by atoms with Crippen molar-refractivity contribution in [2.75, 3.05) is 18.4 Å². The molecule has 1 aliphatic heterocycles. The topological polar surface area (TPSA) is 71.3 Å². The number of rotatable bonds is 4. The van der Waals surface area contributed by atoms with Gasteiger partial charge in [0.1, 0.15) is 5.82 Å². The van der Waals surface area contributed by atoms with Crippen LogP contribution in [0, 0.1) is 11.7 Å². The molecule has 128 valence electrons. The van der Waals surface area contributed by atoms with E-state index in [1.165, 1.54) is 25.0 Å². The largest absolute Gasteiger partial charge is 0.403 e. The molecule has 0 unspecified atom stereocenters. The molecule has 6 nitrogen and oxygen atoms in total. The Kier molecular flexibility index (Phi) is 5.08. The predicted molar refractivity (Wildman–Crippen MR) is 87.9 cm³/mol. The number of halogens is 1. The molecule has 0 saturated carbocycles. The van der Waals surface area contributed by atoms with Gasteiger partial charge in [-0.15, -0.1) is 5.10 Å². The molecule has 3 rings (SSSR count). The van der Waals surface area contributed by atoms with Crippen molar-refractivity contribution in [3.05, 3.63) is 30.1 Å². The molecule has 24 heavy (non-hydrogen) atoms. The third-order valence-corrected chi connectivity index (χ3v) is 4.33. The van der Waals surface area contributed by atoms with Crippen molar-refractivity contribution in [3.8, 4) is 11.5 Å². The summed E-state index contributed by atoms with van der Waals surface area (Å²) in [6.07, 6.45) is 4.48. The fourth-order valence-corrected chi connectivity index (χ4v) is 2.99. The van der Waals surface area contributed by atoms with Gasteiger partial charge in [-0.2, -0.15) is 0 Å². The molecule has 0 radical (unpaired) electrons. The molecule has 1 N–H and O–H groups in total. The molecule has 0 spiro atoms. The van der Waals surface area contributed by atoms with Crippen molar-refractivity contribution in [1.29, 1.82) is 0 Å². The summed E-state index contributed by atoms with van der Waals surface area (Å²) < 4.78 is 18.4. The van der Waals surface area contributed by atoms with Crippen LogP contribution in [0.5, 0.6) is 0 Å². The van der Waals surface area contributed by atoms with E-state index in [2.05, 4.69) is 22.4 Å². The predicted octanol–water partition coefficient (Wildman–Crippen LogP) is 3.92. The fourth-order valence-electron chi connectivity index (χ4n) is 2.99. The molecule has 2 heterocycles. The molecule has 0 aliphatic carbocycles. The Labute approximate surface area is 140 Å². The summed E-state index contributed by atoms with van der Waals surface area (Å²) in [6.45, 7) is 3.68. The van der Waals surface area contributed by atoms with E-state index in [-0.39, 0.29) is 23.8 Å². The number of hydrogen-bond acceptors (Lipinski definition) is 4. The fraction of sp³-hybridized carbons (Fsp3) is 0.471. The highest BCUT2D eigenvalue weighted by molar-refractivity contribution is 5.87. The van der Waals surface area contributed by atoms with Gasteiger partial charge in [0, 0.05) is 18.7 Å². The summed E-state index contributed by atoms with van der Waals surface area (Å²) in [6, 6.07) is 5.56. The van der Waals surface area contributed by atoms with E-state index < -0.39 is 0 Å². The number of amides is 2. The standard InChI is InChI=1S/C17H21FN4O2/c1-2-3-12-8-10-22(11-9-12)17(23)19-16-21-20-15(24-16)13-4-6-14(18)7-5-13/h4-7,12H,2-3,8-11H2,1H3,(H,19,21,23). The van der Waals surface area contributed by atoms with Crippen LogP contribution in [0.2, 0.25) is 0 Å². The van der Waals surface area contributed by atoms with Gasteiger partial charge in [0.15, 0.2) is 0 Å². The zero-order valence-electron chi connectivity index (χ0n) is 13.7. The molecule has 2 amide bonds. The number of piperidine rings is 1. The van der Waals surface area contributed by atoms with E-state index in [0.29, 0.717) is 11.5 Å². The number of likely N-dealkylation sites (tertiary alicyclic amines) is 1. The summed E-state index contributed by atoms with van der Waals surface area (Å²) in [4.78, 5) is 14.0. The number of benzene rings is 1. The van der Waals surface area contributed by atoms with Crippen LogP contribution >= 0.6 is 0 Å². The van der Waals surface area contributed by atoms with Crippen molar-refractivity contribution in [3.63, 3.8) is 0 Å². The van der Waals surface area contributed by atoms with Gasteiger partial charge in [0.25, 0.3) is 0 Å². The SMILES string of the molecule is CCCC1CCN(C(=O)Nc2nnc(-c3ccc(F)cc3)o2)CC1. The van der Waals surface area contributed by atoms with Gasteiger partial charge >= 0.3 is 12.0 Å². The average Bonchev–Trinajstić information content (AvgIpc) is 3.05. The van der Waals surface area contributed by atoms with Gasteiger partial charge in [-0.1, -0.05) is 24.9 Å². The van der Waals surface area contributed by atoms with Gasteiger partial charge in [-0.25, -0.2) is 9.18 Å². The van der Waals surface area contributed by atoms with Crippen LogP contribution in [0.15, 0.2) is 28.7 Å². The van der Waals surface area contributed by atoms with E-state index in [1.807, 2.05) is 0 Å². The van der Waals surface area contributed by atoms with Crippen LogP contribution in [0.3, 0.4) is 0 Å². The first-order valence-corrected chi connectivity index (χ1v) is 8.31. The first-order chi connectivity index (χ1) is 11.7. The number of carbonyl (C=O) groups excluding carboxylic acids is 1. The van der Waals surface area contributed by atoms with Crippen LogP contribution in [0.4, 0.5) is 15.2 Å². The van der Waals surface area contributed by atoms with Crippen LogP contribution < -0.4 is 5.32 Å². The second kappa shape index (κ2) is 7.42. The minimum atomic E-state index is -0.335. The summed E-state index contributed by atoms with van der Waals surface area (Å²) in [5.41, 5.74) is 0.602. The Hall–Kier alpha value is -2.44. The van der Waals surface area contributed by atoms with Crippen molar-refractivity contribution in [2.24, 2.45) is 5.92 Å². The minimum absolute atomic E-state index is 0.0509. The number of nitrogens with zero attached hydrogens (tertiary/aromatic N) is 3. The Balaban J connectivity index is 1.57. The summed E-state index contributed by atoms with van der Waals surface area (Å²) in [5, 5.41) is 10.3. The Morgan fingerprint density at radius 3 is 2.67 bits per heavy atom. The first-order valence-electron chi connectivity index (χ1n) is 8.31. The maximum atomic E-state index is 12.9. The number of nitrogens with one attached hydrogen (secondary N) is 1. The number of urea groups is 1. The number of aromatic nitrogens is 2. The molecule has 0 bridgehead atoms. The number of hydrogen-bond donors (Lipinski definition) is 1. The van der Waals surface area contributed by atoms with Crippen LogP contribution in [0.1, 0.15) is 32.6 Å². The highest BCUT2D eigenvalue weighted by Crippen LogP contribution is 2.23. The summed E-state index contributed by atoms with van der Waals surface area (Å²) >= 11 is 0. The highest BCUT2D eigenvalue weighted by Gasteiger charge is 2.23. The second-order valence-electron chi connectivity index (χ2n) is 6.07. The number of anilines is 1. The zero-order valence-corrected chi connectivity index (χ0v) is 13.7. The Bertz CT molecular complexity index is 678. The van der Waals surface area contributed by atoms with E-state index in [9.17, 15) is 9.18 Å². The molecule has 1 saturated heterocycles. The lowest BCUT2D eigenvalue weighted by Gasteiger charge is -2.31. The highest BCUT2D eigenvalue weighted by atomic mass is 19.1. The molecule has 1 aromatic heterocycles. The van der Waals surface area contributed by atoms with Crippen LogP contribution in [-0.4, -0.2) is 34.2 Å². The summed E-state index contributed by atoms with van der Waals surface area (Å²) in [5.74, 6) is 0.623. The van der Waals surface area contributed by atoms with Gasteiger partial charge < -0.3 is 9.32 Å². The monoisotopic (exact) mass is 332 g/mol. The molecule has 0 atom stereocenters. The molecule has 1 aromatic carbocycles. The van der Waals surface area contributed by atoms with Crippen molar-refractivity contribution in [1.82, 2.24) is 15.1 Å². The van der Waals surface area contributed by atoms with E-state index in [0.717, 1.165) is 25.9 Å². The third-order valence-electron chi connectivity index (χ3n) is 4.33. The lowest BCUT2D eigenvalue weighted by atomic mass is 9.93. The van der Waals surface area contributed by atoms with Gasteiger partial charge in [0.05, 0.1) is 0 Å². The van der Waals surface area contributed by atoms with Gasteiger partial charge in [0.2, 0.25) is 5.89 Å². The second-order valence-corrected chi connectivity index (χ2v) is 6.07. The van der Waals surface area contributed by atoms with E-state index in [4.69, 9.17) is 4.42 Å². The Morgan fingerprint density at radius 2 is 2.00 bits per heavy atom. The molecule has 2 aromatic rings. The zero-order chi connectivity index (χ0) is 16.9. The van der Waals surface area contributed by atoms with Gasteiger partial charge in [-0.3, -0.25) is 5.32 Å². The third kappa shape index (κ3) is 3.90. The lowest BCUT2D eigenvalue weighted by molar-refractivity contribution is 0.179. The minimum Gasteiger partial charge on any atom is -0.403 e. The lowest BCUT2D eigenvalue weighted by Crippen LogP contribution is -2.41. The smallest absolute Gasteiger partial charge is 0.325 e. The number of carbonyl (C=O) groups is 1. The average molecular weight is 332 g/mol. The van der Waals surface area contributed by atoms with Gasteiger partial charge in [-0.05, 0) is 43.0 Å². The maximum absolute atomic E-state index is 12.9. The Morgan fingerprint density at radius 1 is 1.29 bits per heavy atom. The van der Waals surface area contributed by atoms with E-state index >= 15 is 0 Å². The van der Waals surface area contributed by atoms with Crippen LogP contribution in [0.25, 0.3) is 11.5 Å². The normalized spacial score (nSPS) is 15.5. The molecule has 1 aliphatic rings. The van der Waals surface area contributed by atoms with Crippen molar-refractivity contribution < 1.29 is 13.6 Å². The van der Waals surface area contributed by atoms with E-state index in [1.54, 1.807) is 17.0 Å². The molecule has 1 fully saturated rings. The van der Waals surface area contributed by atoms with Crippen molar-refractivity contribution in [2.45, 2.75) is 32.6 Å². The molecular formula is C17H21FN4O2.